The molecule has 56 heavy (non-hydrogen) atoms. The predicted molar refractivity (Wildman–Crippen MR) is 231 cm³/mol. The average Bonchev–Trinajstić information content (AvgIpc) is 3.82. The Balaban J connectivity index is 1.10. The van der Waals surface area contributed by atoms with E-state index in [-0.39, 0.29) is 6.17 Å². The van der Waals surface area contributed by atoms with Gasteiger partial charge in [-0.1, -0.05) is 158 Å². The summed E-state index contributed by atoms with van der Waals surface area (Å²) in [6.45, 7) is 0. The lowest BCUT2D eigenvalue weighted by Crippen LogP contribution is -2.33. The van der Waals surface area contributed by atoms with Gasteiger partial charge in [0, 0.05) is 27.3 Å². The van der Waals surface area contributed by atoms with E-state index in [2.05, 4.69) is 168 Å². The quantitative estimate of drug-likeness (QED) is 0.186. The minimum atomic E-state index is -0.284. The molecule has 11 rings (SSSR count). The fraction of sp³-hybridized carbons (Fsp3) is 0.0196. The highest BCUT2D eigenvalue weighted by Crippen LogP contribution is 2.41. The van der Waals surface area contributed by atoms with Crippen LogP contribution >= 0.6 is 0 Å². The number of furan rings is 1. The van der Waals surface area contributed by atoms with E-state index in [1.807, 2.05) is 36.4 Å². The number of nitrogens with zero attached hydrogens (tertiary/aromatic N) is 3. The average molecular weight is 719 g/mol. The van der Waals surface area contributed by atoms with Gasteiger partial charge in [0.05, 0.1) is 22.1 Å². The van der Waals surface area contributed by atoms with Crippen molar-refractivity contribution in [3.63, 3.8) is 0 Å². The Labute approximate surface area is 323 Å². The van der Waals surface area contributed by atoms with Gasteiger partial charge in [-0.15, -0.1) is 0 Å². The van der Waals surface area contributed by atoms with Crippen LogP contribution in [0.4, 0.5) is 0 Å². The number of benzene rings is 8. The number of rotatable bonds is 6. The van der Waals surface area contributed by atoms with E-state index in [1.54, 1.807) is 0 Å². The fourth-order valence-corrected chi connectivity index (χ4v) is 8.16. The van der Waals surface area contributed by atoms with Gasteiger partial charge in [-0.2, -0.15) is 0 Å². The summed E-state index contributed by atoms with van der Waals surface area (Å²) in [4.78, 5) is 10.1. The van der Waals surface area contributed by atoms with Gasteiger partial charge in [0.2, 0.25) is 0 Å². The highest BCUT2D eigenvalue weighted by molar-refractivity contribution is 6.17. The van der Waals surface area contributed by atoms with E-state index < -0.39 is 0 Å². The maximum absolute atomic E-state index is 6.73. The SMILES string of the molecule is c1ccc(C2=NC(c3ccccc3)NC(c3ccc4c(c3)oc3cccc(-n5c6cc(-c7ccccc7)ccc6c6ccc(-c7ccccc7)cc65)c34)=N2)cc1. The number of nitrogens with one attached hydrogen (secondary N) is 1. The minimum absolute atomic E-state index is 0.284. The van der Waals surface area contributed by atoms with Crippen LogP contribution in [0.2, 0.25) is 0 Å². The first-order valence-electron chi connectivity index (χ1n) is 18.9. The van der Waals surface area contributed by atoms with Crippen molar-refractivity contribution in [1.29, 1.82) is 0 Å². The molecule has 2 aromatic heterocycles. The van der Waals surface area contributed by atoms with Crippen LogP contribution in [-0.2, 0) is 0 Å². The molecule has 5 nitrogen and oxygen atoms in total. The van der Waals surface area contributed by atoms with Crippen molar-refractivity contribution in [2.45, 2.75) is 6.17 Å². The van der Waals surface area contributed by atoms with Crippen LogP contribution in [0.5, 0.6) is 0 Å². The second kappa shape index (κ2) is 13.1. The molecule has 0 amide bonds. The maximum atomic E-state index is 6.73. The molecule has 0 saturated heterocycles. The van der Waals surface area contributed by atoms with Gasteiger partial charge >= 0.3 is 0 Å². The van der Waals surface area contributed by atoms with Crippen LogP contribution < -0.4 is 5.32 Å². The Morgan fingerprint density at radius 3 is 1.62 bits per heavy atom. The van der Waals surface area contributed by atoms with E-state index in [0.717, 1.165) is 61.2 Å². The van der Waals surface area contributed by atoms with Gasteiger partial charge in [0.1, 0.15) is 23.2 Å². The molecule has 10 aromatic rings. The Morgan fingerprint density at radius 1 is 0.446 bits per heavy atom. The van der Waals surface area contributed by atoms with Gasteiger partial charge in [0.15, 0.2) is 5.84 Å². The smallest absolute Gasteiger partial charge is 0.159 e. The molecular formula is C51H34N4O. The third-order valence-corrected chi connectivity index (χ3v) is 10.9. The lowest BCUT2D eigenvalue weighted by atomic mass is 10.0. The first-order valence-corrected chi connectivity index (χ1v) is 18.9. The van der Waals surface area contributed by atoms with Crippen molar-refractivity contribution in [1.82, 2.24) is 9.88 Å². The molecule has 1 unspecified atom stereocenters. The van der Waals surface area contributed by atoms with Crippen LogP contribution in [0.3, 0.4) is 0 Å². The number of aromatic nitrogens is 1. The van der Waals surface area contributed by atoms with Gasteiger partial charge in [-0.05, 0) is 64.2 Å². The summed E-state index contributed by atoms with van der Waals surface area (Å²) in [5.74, 6) is 1.44. The summed E-state index contributed by atoms with van der Waals surface area (Å²) < 4.78 is 9.15. The predicted octanol–water partition coefficient (Wildman–Crippen LogP) is 12.5. The molecule has 1 aliphatic heterocycles. The molecule has 0 aliphatic carbocycles. The van der Waals surface area contributed by atoms with Crippen molar-refractivity contribution < 1.29 is 4.42 Å². The monoisotopic (exact) mass is 718 g/mol. The molecule has 0 bridgehead atoms. The molecule has 0 fully saturated rings. The van der Waals surface area contributed by atoms with E-state index in [0.29, 0.717) is 5.84 Å². The van der Waals surface area contributed by atoms with Crippen molar-refractivity contribution in [3.8, 4) is 27.9 Å². The first-order chi connectivity index (χ1) is 27.7. The molecule has 5 heteroatoms. The molecule has 264 valence electrons. The minimum Gasteiger partial charge on any atom is -0.456 e. The maximum Gasteiger partial charge on any atom is 0.159 e. The zero-order valence-corrected chi connectivity index (χ0v) is 30.3. The fourth-order valence-electron chi connectivity index (χ4n) is 8.16. The van der Waals surface area contributed by atoms with Crippen LogP contribution in [0.1, 0.15) is 22.9 Å². The van der Waals surface area contributed by atoms with Crippen LogP contribution in [-0.4, -0.2) is 16.2 Å². The topological polar surface area (TPSA) is 54.8 Å². The number of hydrogen-bond donors (Lipinski definition) is 1. The van der Waals surface area contributed by atoms with Gasteiger partial charge < -0.3 is 14.3 Å². The zero-order chi connectivity index (χ0) is 37.0. The Kier molecular flexibility index (Phi) is 7.49. The second-order valence-electron chi connectivity index (χ2n) is 14.2. The molecule has 0 radical (unpaired) electrons. The zero-order valence-electron chi connectivity index (χ0n) is 30.3. The van der Waals surface area contributed by atoms with Crippen LogP contribution in [0, 0.1) is 0 Å². The number of amidine groups is 2. The van der Waals surface area contributed by atoms with E-state index in [4.69, 9.17) is 14.4 Å². The Morgan fingerprint density at radius 2 is 1.00 bits per heavy atom. The molecule has 1 aliphatic rings. The molecule has 1 N–H and O–H groups in total. The van der Waals surface area contributed by atoms with Gasteiger partial charge in [-0.25, -0.2) is 9.98 Å². The summed E-state index contributed by atoms with van der Waals surface area (Å²) in [7, 11) is 0. The molecule has 0 spiro atoms. The van der Waals surface area contributed by atoms with Crippen molar-refractivity contribution in [2.24, 2.45) is 9.98 Å². The first kappa shape index (κ1) is 32.0. The van der Waals surface area contributed by atoms with Crippen molar-refractivity contribution >= 4 is 55.4 Å². The van der Waals surface area contributed by atoms with Crippen molar-refractivity contribution in [2.75, 3.05) is 0 Å². The van der Waals surface area contributed by atoms with Crippen LogP contribution in [0.15, 0.2) is 209 Å². The molecule has 3 heterocycles. The van der Waals surface area contributed by atoms with E-state index in [1.165, 1.54) is 33.0 Å². The summed E-state index contributed by atoms with van der Waals surface area (Å²) in [5.41, 5.74) is 12.7. The van der Waals surface area contributed by atoms with Crippen LogP contribution in [0.25, 0.3) is 71.7 Å². The Hall–Kier alpha value is -7.50. The third kappa shape index (κ3) is 5.40. The van der Waals surface area contributed by atoms with Crippen molar-refractivity contribution in [3.05, 3.63) is 211 Å². The number of fused-ring (bicyclic) bond motifs is 6. The third-order valence-electron chi connectivity index (χ3n) is 10.9. The van der Waals surface area contributed by atoms with E-state index in [9.17, 15) is 0 Å². The van der Waals surface area contributed by atoms with Gasteiger partial charge in [-0.3, -0.25) is 0 Å². The molecule has 0 saturated carbocycles. The number of hydrogen-bond acceptors (Lipinski definition) is 4. The summed E-state index contributed by atoms with van der Waals surface area (Å²) in [6, 6.07) is 68.1. The Bertz CT molecular complexity index is 3050. The lowest BCUT2D eigenvalue weighted by Gasteiger charge is -2.23. The summed E-state index contributed by atoms with van der Waals surface area (Å²) in [5, 5.41) is 8.13. The molecule has 8 aromatic carbocycles. The lowest BCUT2D eigenvalue weighted by molar-refractivity contribution is 0.666. The largest absolute Gasteiger partial charge is 0.456 e. The number of aliphatic imine (C=N–C) groups is 2. The van der Waals surface area contributed by atoms with E-state index >= 15 is 0 Å². The normalized spacial score (nSPS) is 14.2. The highest BCUT2D eigenvalue weighted by Gasteiger charge is 2.23. The highest BCUT2D eigenvalue weighted by atomic mass is 16.3. The molecular weight excluding hydrogens is 685 g/mol. The second-order valence-corrected chi connectivity index (χ2v) is 14.2. The van der Waals surface area contributed by atoms with Gasteiger partial charge in [0.25, 0.3) is 0 Å². The molecule has 1 atom stereocenters. The summed E-state index contributed by atoms with van der Waals surface area (Å²) >= 11 is 0. The summed E-state index contributed by atoms with van der Waals surface area (Å²) in [6.07, 6.45) is -0.284. The standard InChI is InChI=1S/C51H34N4O/c1-5-14-33(15-6-1)37-24-27-40-41-28-25-38(34-16-7-2-8-17-34)31-45(41)55(44(40)30-37)43-22-13-23-46-48(43)42-29-26-39(32-47(42)56-46)51-53-49(35-18-9-3-10-19-35)52-50(54-51)36-20-11-4-12-21-36/h1-32,49H,(H,52,53,54).